The van der Waals surface area contributed by atoms with Gasteiger partial charge in [0.15, 0.2) is 0 Å². The van der Waals surface area contributed by atoms with Gasteiger partial charge in [-0.15, -0.1) is 0 Å². The summed E-state index contributed by atoms with van der Waals surface area (Å²) in [6.45, 7) is 8.08. The monoisotopic (exact) mass is 175 g/mol. The number of ether oxygens (including phenoxy) is 3. The van der Waals surface area contributed by atoms with Gasteiger partial charge < -0.3 is 14.2 Å². The predicted molar refractivity (Wildman–Crippen MR) is 47.4 cm³/mol. The lowest BCUT2D eigenvalue weighted by molar-refractivity contribution is -0.183. The second-order valence-corrected chi connectivity index (χ2v) is 2.32. The second-order valence-electron chi connectivity index (χ2n) is 2.32. The maximum Gasteiger partial charge on any atom is 0.370 e. The molecule has 0 aliphatic heterocycles. The minimum Gasteiger partial charge on any atom is -0.321 e. The molecule has 73 valence electrons. The van der Waals surface area contributed by atoms with Gasteiger partial charge in [-0.1, -0.05) is 13.3 Å². The van der Waals surface area contributed by atoms with Crippen LogP contribution in [0.2, 0.25) is 0 Å². The Morgan fingerprint density at radius 2 is 1.50 bits per heavy atom. The van der Waals surface area contributed by atoms with Crippen molar-refractivity contribution >= 4 is 0 Å². The minimum absolute atomic E-state index is 0.313. The first kappa shape index (κ1) is 11.9. The first-order valence-electron chi connectivity index (χ1n) is 4.60. The number of rotatable bonds is 8. The van der Waals surface area contributed by atoms with Gasteiger partial charge in [0.25, 0.3) is 0 Å². The van der Waals surface area contributed by atoms with Crippen molar-refractivity contribution in [2.45, 2.75) is 33.6 Å². The van der Waals surface area contributed by atoms with Crippen LogP contribution in [0.1, 0.15) is 33.6 Å². The fraction of sp³-hybridized carbons (Fsp3) is 0.889. The number of hydrogen-bond acceptors (Lipinski definition) is 3. The first-order chi connectivity index (χ1) is 5.85. The third-order valence-corrected chi connectivity index (χ3v) is 1.24. The summed E-state index contributed by atoms with van der Waals surface area (Å²) in [4.78, 5) is 0. The zero-order chi connectivity index (χ0) is 9.23. The summed E-state index contributed by atoms with van der Waals surface area (Å²) in [5.74, 6) is 0. The summed E-state index contributed by atoms with van der Waals surface area (Å²) in [7, 11) is 0. The Bertz CT molecular complexity index is 79.8. The summed E-state index contributed by atoms with van der Waals surface area (Å²) in [5, 5.41) is 0. The van der Waals surface area contributed by atoms with E-state index in [1.54, 1.807) is 0 Å². The molecule has 3 heteroatoms. The Balaban J connectivity index is 3.34. The molecular formula is C9H19O3. The normalized spacial score (nSPS) is 11.0. The SMILES string of the molecule is CCCCO[C](OCC)OCC. The van der Waals surface area contributed by atoms with Gasteiger partial charge in [0.05, 0.1) is 6.61 Å². The van der Waals surface area contributed by atoms with E-state index in [0.29, 0.717) is 26.3 Å². The molecule has 0 bridgehead atoms. The van der Waals surface area contributed by atoms with Crippen molar-refractivity contribution in [1.82, 2.24) is 0 Å². The minimum atomic E-state index is 0.313. The van der Waals surface area contributed by atoms with Crippen LogP contribution in [0.15, 0.2) is 0 Å². The third-order valence-electron chi connectivity index (χ3n) is 1.24. The van der Waals surface area contributed by atoms with E-state index in [9.17, 15) is 0 Å². The van der Waals surface area contributed by atoms with Gasteiger partial charge in [0.2, 0.25) is 0 Å². The molecule has 0 saturated carbocycles. The first-order valence-corrected chi connectivity index (χ1v) is 4.60. The van der Waals surface area contributed by atoms with Gasteiger partial charge in [0.1, 0.15) is 0 Å². The molecule has 0 unspecified atom stereocenters. The van der Waals surface area contributed by atoms with E-state index in [2.05, 4.69) is 6.92 Å². The van der Waals surface area contributed by atoms with Crippen LogP contribution in [-0.2, 0) is 14.2 Å². The molecule has 0 atom stereocenters. The second kappa shape index (κ2) is 8.97. The summed E-state index contributed by atoms with van der Waals surface area (Å²) in [5.41, 5.74) is 0. The molecule has 0 aromatic carbocycles. The largest absolute Gasteiger partial charge is 0.370 e. The number of hydrogen-bond donors (Lipinski definition) is 0. The van der Waals surface area contributed by atoms with Crippen LogP contribution in [0.3, 0.4) is 0 Å². The van der Waals surface area contributed by atoms with Crippen LogP contribution < -0.4 is 0 Å². The molecule has 0 rings (SSSR count). The molecule has 3 nitrogen and oxygen atoms in total. The average Bonchev–Trinajstić information content (AvgIpc) is 2.06. The molecular weight excluding hydrogens is 156 g/mol. The van der Waals surface area contributed by atoms with Gasteiger partial charge >= 0.3 is 6.48 Å². The van der Waals surface area contributed by atoms with E-state index in [1.807, 2.05) is 13.8 Å². The van der Waals surface area contributed by atoms with Crippen LogP contribution in [0.4, 0.5) is 0 Å². The molecule has 0 saturated heterocycles. The van der Waals surface area contributed by atoms with Crippen LogP contribution >= 0.6 is 0 Å². The molecule has 0 N–H and O–H groups in total. The molecule has 0 aromatic rings. The molecule has 0 heterocycles. The molecule has 0 fully saturated rings. The zero-order valence-corrected chi connectivity index (χ0v) is 8.26. The van der Waals surface area contributed by atoms with E-state index in [1.165, 1.54) is 0 Å². The van der Waals surface area contributed by atoms with Crippen molar-refractivity contribution < 1.29 is 14.2 Å². The molecule has 0 aromatic heterocycles. The van der Waals surface area contributed by atoms with Gasteiger partial charge in [-0.2, -0.15) is 0 Å². The van der Waals surface area contributed by atoms with Crippen LogP contribution in [0, 0.1) is 6.48 Å². The highest BCUT2D eigenvalue weighted by Crippen LogP contribution is 2.07. The van der Waals surface area contributed by atoms with Crippen molar-refractivity contribution in [2.24, 2.45) is 0 Å². The van der Waals surface area contributed by atoms with Crippen molar-refractivity contribution in [3.63, 3.8) is 0 Å². The Hall–Kier alpha value is -0.120. The fourth-order valence-electron chi connectivity index (χ4n) is 0.661. The van der Waals surface area contributed by atoms with E-state index >= 15 is 0 Å². The summed E-state index contributed by atoms with van der Waals surface area (Å²) in [6, 6.07) is 0. The quantitative estimate of drug-likeness (QED) is 0.530. The van der Waals surface area contributed by atoms with Crippen LogP contribution in [-0.4, -0.2) is 19.8 Å². The van der Waals surface area contributed by atoms with Crippen molar-refractivity contribution in [1.29, 1.82) is 0 Å². The molecule has 0 aliphatic rings. The predicted octanol–water partition coefficient (Wildman–Crippen LogP) is 2.32. The van der Waals surface area contributed by atoms with E-state index in [4.69, 9.17) is 14.2 Å². The van der Waals surface area contributed by atoms with E-state index < -0.39 is 0 Å². The van der Waals surface area contributed by atoms with E-state index in [0.717, 1.165) is 12.8 Å². The smallest absolute Gasteiger partial charge is 0.321 e. The lowest BCUT2D eigenvalue weighted by Crippen LogP contribution is -2.13. The zero-order valence-electron chi connectivity index (χ0n) is 8.26. The van der Waals surface area contributed by atoms with Crippen molar-refractivity contribution in [2.75, 3.05) is 19.8 Å². The number of unbranched alkanes of at least 4 members (excludes halogenated alkanes) is 1. The van der Waals surface area contributed by atoms with Gasteiger partial charge in [-0.3, -0.25) is 0 Å². The van der Waals surface area contributed by atoms with Crippen molar-refractivity contribution in [3.8, 4) is 0 Å². The third kappa shape index (κ3) is 6.58. The summed E-state index contributed by atoms with van der Waals surface area (Å²) >= 11 is 0. The maximum atomic E-state index is 5.24. The van der Waals surface area contributed by atoms with Crippen LogP contribution in [0.5, 0.6) is 0 Å². The molecule has 0 aliphatic carbocycles. The Labute approximate surface area is 75.0 Å². The lowest BCUT2D eigenvalue weighted by Gasteiger charge is -2.13. The fourth-order valence-corrected chi connectivity index (χ4v) is 0.661. The lowest BCUT2D eigenvalue weighted by atomic mass is 10.4. The van der Waals surface area contributed by atoms with Gasteiger partial charge in [-0.25, -0.2) is 0 Å². The van der Waals surface area contributed by atoms with E-state index in [-0.39, 0.29) is 0 Å². The molecule has 1 radical (unpaired) electrons. The Morgan fingerprint density at radius 3 is 1.92 bits per heavy atom. The Morgan fingerprint density at radius 1 is 0.917 bits per heavy atom. The standard InChI is InChI=1S/C9H19O3/c1-4-7-8-12-9(10-5-2)11-6-3/h4-8H2,1-3H3. The average molecular weight is 175 g/mol. The van der Waals surface area contributed by atoms with Gasteiger partial charge in [0, 0.05) is 13.2 Å². The Kier molecular flexibility index (Phi) is 8.88. The topological polar surface area (TPSA) is 27.7 Å². The highest BCUT2D eigenvalue weighted by atomic mass is 16.8. The maximum absolute atomic E-state index is 5.24. The van der Waals surface area contributed by atoms with Gasteiger partial charge in [-0.05, 0) is 20.3 Å². The highest BCUT2D eigenvalue weighted by molar-refractivity contribution is 4.47. The summed E-state index contributed by atoms with van der Waals surface area (Å²) < 4.78 is 15.4. The highest BCUT2D eigenvalue weighted by Gasteiger charge is 2.10. The summed E-state index contributed by atoms with van der Waals surface area (Å²) in [6.07, 6.45) is 2.15. The molecule has 12 heavy (non-hydrogen) atoms. The molecule has 0 spiro atoms. The van der Waals surface area contributed by atoms with Crippen molar-refractivity contribution in [3.05, 3.63) is 6.48 Å². The molecule has 0 amide bonds. The van der Waals surface area contributed by atoms with Crippen LogP contribution in [0.25, 0.3) is 0 Å².